The molecule has 1 fully saturated rings. The van der Waals surface area contributed by atoms with Crippen molar-refractivity contribution in [3.8, 4) is 0 Å². The molecule has 0 aromatic carbocycles. The van der Waals surface area contributed by atoms with Crippen LogP contribution in [0.2, 0.25) is 0 Å². The Bertz CT molecular complexity index is 267. The van der Waals surface area contributed by atoms with Crippen molar-refractivity contribution < 1.29 is 14.6 Å². The molecule has 1 aliphatic rings. The van der Waals surface area contributed by atoms with Gasteiger partial charge in [-0.3, -0.25) is 4.79 Å². The molecule has 2 atom stereocenters. The number of carbonyl (C=O) groups is 1. The van der Waals surface area contributed by atoms with Gasteiger partial charge in [-0.15, -0.1) is 0 Å². The Morgan fingerprint density at radius 3 is 2.78 bits per heavy atom. The summed E-state index contributed by atoms with van der Waals surface area (Å²) in [5.74, 6) is -0.793. The van der Waals surface area contributed by atoms with Gasteiger partial charge in [0, 0.05) is 19.7 Å². The first-order chi connectivity index (χ1) is 8.51. The molecule has 0 aromatic rings. The largest absolute Gasteiger partial charge is 0.480 e. The molecule has 0 bridgehead atoms. The van der Waals surface area contributed by atoms with Gasteiger partial charge in [0.05, 0.1) is 6.10 Å². The maximum atomic E-state index is 11.2. The van der Waals surface area contributed by atoms with Crippen LogP contribution in [0.25, 0.3) is 0 Å². The third kappa shape index (κ3) is 4.23. The second-order valence-electron chi connectivity index (χ2n) is 5.17. The molecule has 1 aliphatic heterocycles. The van der Waals surface area contributed by atoms with Crippen LogP contribution in [-0.2, 0) is 9.53 Å². The van der Waals surface area contributed by atoms with Crippen LogP contribution in [0.1, 0.15) is 33.1 Å². The van der Waals surface area contributed by atoms with Crippen LogP contribution >= 0.6 is 0 Å². The van der Waals surface area contributed by atoms with E-state index in [0.717, 1.165) is 39.1 Å². The molecular formula is C13H26N2O3. The van der Waals surface area contributed by atoms with Gasteiger partial charge in [0.2, 0.25) is 0 Å². The highest BCUT2D eigenvalue weighted by Crippen LogP contribution is 2.15. The first-order valence-electron chi connectivity index (χ1n) is 6.78. The summed E-state index contributed by atoms with van der Waals surface area (Å²) in [7, 11) is 1.70. The predicted molar refractivity (Wildman–Crippen MR) is 70.8 cm³/mol. The molecule has 0 radical (unpaired) electrons. The van der Waals surface area contributed by atoms with Crippen molar-refractivity contribution in [2.75, 3.05) is 33.3 Å². The van der Waals surface area contributed by atoms with E-state index in [0.29, 0.717) is 12.5 Å². The third-order valence-corrected chi connectivity index (χ3v) is 3.88. The molecule has 18 heavy (non-hydrogen) atoms. The zero-order valence-electron chi connectivity index (χ0n) is 11.7. The minimum absolute atomic E-state index is 0.329. The van der Waals surface area contributed by atoms with Crippen LogP contribution in [0, 0.1) is 0 Å². The summed E-state index contributed by atoms with van der Waals surface area (Å²) >= 11 is 0. The number of aliphatic carboxylic acids is 1. The molecule has 2 N–H and O–H groups in total. The van der Waals surface area contributed by atoms with E-state index in [4.69, 9.17) is 4.74 Å². The van der Waals surface area contributed by atoms with E-state index in [1.165, 1.54) is 0 Å². The normalized spacial score (nSPS) is 23.2. The summed E-state index contributed by atoms with van der Waals surface area (Å²) in [6, 6.07) is 0. The zero-order valence-corrected chi connectivity index (χ0v) is 11.7. The molecule has 5 nitrogen and oxygen atoms in total. The monoisotopic (exact) mass is 258 g/mol. The van der Waals surface area contributed by atoms with Crippen molar-refractivity contribution in [3.63, 3.8) is 0 Å². The van der Waals surface area contributed by atoms with Crippen LogP contribution in [0.15, 0.2) is 0 Å². The lowest BCUT2D eigenvalue weighted by molar-refractivity contribution is -0.144. The van der Waals surface area contributed by atoms with Crippen LogP contribution in [0.5, 0.6) is 0 Å². The van der Waals surface area contributed by atoms with Crippen molar-refractivity contribution in [2.24, 2.45) is 0 Å². The number of hydrogen-bond acceptors (Lipinski definition) is 4. The summed E-state index contributed by atoms with van der Waals surface area (Å²) in [5.41, 5.74) is -0.843. The van der Waals surface area contributed by atoms with Gasteiger partial charge in [0.25, 0.3) is 0 Å². The topological polar surface area (TPSA) is 61.8 Å². The van der Waals surface area contributed by atoms with Gasteiger partial charge in [-0.05, 0) is 39.8 Å². The number of rotatable bonds is 8. The summed E-state index contributed by atoms with van der Waals surface area (Å²) in [4.78, 5) is 13.5. The predicted octanol–water partition coefficient (Wildman–Crippen LogP) is 0.940. The first-order valence-corrected chi connectivity index (χ1v) is 6.78. The minimum atomic E-state index is -0.843. The van der Waals surface area contributed by atoms with Crippen LogP contribution in [0.4, 0.5) is 0 Å². The van der Waals surface area contributed by atoms with E-state index >= 15 is 0 Å². The number of nitrogens with one attached hydrogen (secondary N) is 1. The SMILES string of the molecule is CCN(CCC(C)(NC)C(=O)O)CC1CCCO1. The van der Waals surface area contributed by atoms with Crippen molar-refractivity contribution in [3.05, 3.63) is 0 Å². The Morgan fingerprint density at radius 1 is 1.61 bits per heavy atom. The molecule has 106 valence electrons. The summed E-state index contributed by atoms with van der Waals surface area (Å²) in [6.45, 7) is 7.32. The van der Waals surface area contributed by atoms with E-state index in [1.54, 1.807) is 14.0 Å². The molecule has 2 unspecified atom stereocenters. The number of likely N-dealkylation sites (N-methyl/N-ethyl adjacent to an activating group) is 2. The van der Waals surface area contributed by atoms with Gasteiger partial charge < -0.3 is 20.1 Å². The molecule has 0 aromatic heterocycles. The van der Waals surface area contributed by atoms with E-state index in [1.807, 2.05) is 0 Å². The van der Waals surface area contributed by atoms with Gasteiger partial charge in [-0.25, -0.2) is 0 Å². The van der Waals surface area contributed by atoms with Crippen LogP contribution in [-0.4, -0.2) is 60.9 Å². The molecule has 1 heterocycles. The summed E-state index contributed by atoms with van der Waals surface area (Å²) in [5, 5.41) is 12.1. The van der Waals surface area contributed by atoms with Gasteiger partial charge in [-0.1, -0.05) is 6.92 Å². The fourth-order valence-electron chi connectivity index (χ4n) is 2.18. The maximum Gasteiger partial charge on any atom is 0.323 e. The Labute approximate surface area is 109 Å². The molecular weight excluding hydrogens is 232 g/mol. The number of carboxylic acids is 1. The number of hydrogen-bond donors (Lipinski definition) is 2. The summed E-state index contributed by atoms with van der Waals surface area (Å²) in [6.07, 6.45) is 3.19. The molecule has 1 rings (SSSR count). The number of ether oxygens (including phenoxy) is 1. The second-order valence-corrected chi connectivity index (χ2v) is 5.17. The highest BCUT2D eigenvalue weighted by atomic mass is 16.5. The van der Waals surface area contributed by atoms with Crippen molar-refractivity contribution >= 4 is 5.97 Å². The smallest absolute Gasteiger partial charge is 0.323 e. The Hall–Kier alpha value is -0.650. The van der Waals surface area contributed by atoms with E-state index in [-0.39, 0.29) is 0 Å². The lowest BCUT2D eigenvalue weighted by atomic mass is 9.98. The Kier molecular flexibility index (Phi) is 6.05. The maximum absolute atomic E-state index is 11.2. The fraction of sp³-hybridized carbons (Fsp3) is 0.923. The highest BCUT2D eigenvalue weighted by Gasteiger charge is 2.31. The van der Waals surface area contributed by atoms with Crippen molar-refractivity contribution in [2.45, 2.75) is 44.8 Å². The van der Waals surface area contributed by atoms with E-state index in [2.05, 4.69) is 17.1 Å². The Balaban J connectivity index is 2.40. The lowest BCUT2D eigenvalue weighted by Crippen LogP contribution is -2.50. The number of carboxylic acid groups (broad SMARTS) is 1. The molecule has 5 heteroatoms. The van der Waals surface area contributed by atoms with Crippen LogP contribution in [0.3, 0.4) is 0 Å². The van der Waals surface area contributed by atoms with Crippen LogP contribution < -0.4 is 5.32 Å². The van der Waals surface area contributed by atoms with Gasteiger partial charge in [-0.2, -0.15) is 0 Å². The lowest BCUT2D eigenvalue weighted by Gasteiger charge is -2.29. The van der Waals surface area contributed by atoms with Gasteiger partial charge >= 0.3 is 5.97 Å². The third-order valence-electron chi connectivity index (χ3n) is 3.88. The number of nitrogens with zero attached hydrogens (tertiary/aromatic N) is 1. The standard InChI is InChI=1S/C13H26N2O3/c1-4-15(10-11-6-5-9-18-11)8-7-13(2,14-3)12(16)17/h11,14H,4-10H2,1-3H3,(H,16,17). The molecule has 0 aliphatic carbocycles. The van der Waals surface area contributed by atoms with Gasteiger partial charge in [0.1, 0.15) is 5.54 Å². The first kappa shape index (κ1) is 15.4. The molecule has 0 spiro atoms. The summed E-state index contributed by atoms with van der Waals surface area (Å²) < 4.78 is 5.62. The van der Waals surface area contributed by atoms with Gasteiger partial charge in [0.15, 0.2) is 0 Å². The quantitative estimate of drug-likeness (QED) is 0.678. The minimum Gasteiger partial charge on any atom is -0.480 e. The van der Waals surface area contributed by atoms with Crippen molar-refractivity contribution in [1.82, 2.24) is 10.2 Å². The van der Waals surface area contributed by atoms with E-state index in [9.17, 15) is 9.90 Å². The molecule has 1 saturated heterocycles. The van der Waals surface area contributed by atoms with Crippen molar-refractivity contribution in [1.29, 1.82) is 0 Å². The fourth-order valence-corrected chi connectivity index (χ4v) is 2.18. The molecule has 0 amide bonds. The average Bonchev–Trinajstić information content (AvgIpc) is 2.86. The second kappa shape index (κ2) is 7.07. The highest BCUT2D eigenvalue weighted by molar-refractivity contribution is 5.78. The average molecular weight is 258 g/mol. The molecule has 0 saturated carbocycles. The zero-order chi connectivity index (χ0) is 13.6. The Morgan fingerprint density at radius 2 is 2.33 bits per heavy atom. The van der Waals surface area contributed by atoms with E-state index < -0.39 is 11.5 Å².